The molecule has 0 spiro atoms. The molecule has 0 unspecified atom stereocenters. The Balaban J connectivity index is 2.49. The normalized spacial score (nSPS) is 10.8. The van der Waals surface area contributed by atoms with Crippen molar-refractivity contribution in [3.63, 3.8) is 0 Å². The first-order valence-electron chi connectivity index (χ1n) is 5.58. The highest BCUT2D eigenvalue weighted by Crippen LogP contribution is 2.18. The Morgan fingerprint density at radius 3 is 2.47 bits per heavy atom. The number of halogens is 3. The lowest BCUT2D eigenvalue weighted by Crippen LogP contribution is -2.38. The smallest absolute Gasteiger partial charge is 0.255 e. The summed E-state index contributed by atoms with van der Waals surface area (Å²) < 4.78 is 37.2. The van der Waals surface area contributed by atoms with Crippen LogP contribution >= 0.6 is 11.8 Å². The molecule has 0 fully saturated rings. The van der Waals surface area contributed by atoms with Crippen LogP contribution < -0.4 is 0 Å². The fourth-order valence-corrected chi connectivity index (χ4v) is 2.17. The van der Waals surface area contributed by atoms with E-state index in [-0.39, 0.29) is 24.7 Å². The first kappa shape index (κ1) is 15.8. The maximum Gasteiger partial charge on any atom is 0.255 e. The number of carbonyl (C=O) groups is 1. The summed E-state index contributed by atoms with van der Waals surface area (Å²) in [5, 5.41) is 8.73. The van der Waals surface area contributed by atoms with E-state index in [1.807, 2.05) is 0 Å². The van der Waals surface area contributed by atoms with Crippen LogP contribution in [0.5, 0.6) is 0 Å². The Morgan fingerprint density at radius 1 is 1.32 bits per heavy atom. The molecule has 0 aromatic heterocycles. The number of hydrogen-bond donors (Lipinski definition) is 1. The largest absolute Gasteiger partial charge is 0.395 e. The van der Waals surface area contributed by atoms with Crippen LogP contribution in [0.2, 0.25) is 0 Å². The zero-order chi connectivity index (χ0) is 14.3. The minimum atomic E-state index is -2.63. The van der Waals surface area contributed by atoms with Crippen LogP contribution in [0.1, 0.15) is 0 Å². The maximum absolute atomic E-state index is 12.7. The van der Waals surface area contributed by atoms with E-state index in [1.54, 1.807) is 0 Å². The summed E-state index contributed by atoms with van der Waals surface area (Å²) >= 11 is 1.13. The van der Waals surface area contributed by atoms with Crippen molar-refractivity contribution in [3.8, 4) is 0 Å². The number of alkyl halides is 2. The molecule has 19 heavy (non-hydrogen) atoms. The SMILES string of the molecule is O=C(CSc1ccc(F)cc1)N(CCO)CC(F)F. The Kier molecular flexibility index (Phi) is 6.72. The van der Waals surface area contributed by atoms with Gasteiger partial charge < -0.3 is 10.0 Å². The van der Waals surface area contributed by atoms with Gasteiger partial charge in [-0.05, 0) is 24.3 Å². The number of nitrogens with zero attached hydrogens (tertiary/aromatic N) is 1. The third-order valence-corrected chi connectivity index (χ3v) is 3.25. The minimum absolute atomic E-state index is 0.0294. The van der Waals surface area contributed by atoms with E-state index < -0.39 is 18.9 Å². The summed E-state index contributed by atoms with van der Waals surface area (Å²) in [5.41, 5.74) is 0. The molecule has 0 aliphatic heterocycles. The Morgan fingerprint density at radius 2 is 1.95 bits per heavy atom. The molecule has 0 atom stereocenters. The van der Waals surface area contributed by atoms with Gasteiger partial charge in [0.15, 0.2) is 0 Å². The number of hydrogen-bond acceptors (Lipinski definition) is 3. The predicted octanol–water partition coefficient (Wildman–Crippen LogP) is 2.00. The van der Waals surface area contributed by atoms with Gasteiger partial charge in [-0.2, -0.15) is 0 Å². The second kappa shape index (κ2) is 8.06. The molecule has 0 saturated heterocycles. The van der Waals surface area contributed by atoms with E-state index in [0.717, 1.165) is 16.7 Å². The number of thioether (sulfide) groups is 1. The quantitative estimate of drug-likeness (QED) is 0.782. The highest BCUT2D eigenvalue weighted by molar-refractivity contribution is 8.00. The number of carbonyl (C=O) groups excluding carboxylic acids is 1. The third kappa shape index (κ3) is 5.98. The molecular weight excluding hydrogens is 279 g/mol. The Bertz CT molecular complexity index is 400. The maximum atomic E-state index is 12.7. The first-order chi connectivity index (χ1) is 9.02. The average Bonchev–Trinajstić information content (AvgIpc) is 2.37. The molecule has 1 aromatic carbocycles. The van der Waals surface area contributed by atoms with E-state index in [0.29, 0.717) is 4.90 Å². The van der Waals surface area contributed by atoms with Gasteiger partial charge in [0.1, 0.15) is 5.82 Å². The Hall–Kier alpha value is -1.21. The van der Waals surface area contributed by atoms with Crippen LogP contribution in [-0.4, -0.2) is 47.8 Å². The highest BCUT2D eigenvalue weighted by Gasteiger charge is 2.17. The summed E-state index contributed by atoms with van der Waals surface area (Å²) in [6, 6.07) is 5.54. The van der Waals surface area contributed by atoms with Crippen LogP contribution in [0.3, 0.4) is 0 Å². The summed E-state index contributed by atoms with van der Waals surface area (Å²) in [5.74, 6) is -0.891. The van der Waals surface area contributed by atoms with Gasteiger partial charge in [0.05, 0.1) is 18.9 Å². The zero-order valence-electron chi connectivity index (χ0n) is 10.1. The Labute approximate surface area is 113 Å². The van der Waals surface area contributed by atoms with Crippen LogP contribution in [0.15, 0.2) is 29.2 Å². The van der Waals surface area contributed by atoms with Gasteiger partial charge in [-0.15, -0.1) is 11.8 Å². The molecule has 1 N–H and O–H groups in total. The van der Waals surface area contributed by atoms with Crippen LogP contribution in [0, 0.1) is 5.82 Å². The van der Waals surface area contributed by atoms with Crippen molar-refractivity contribution >= 4 is 17.7 Å². The van der Waals surface area contributed by atoms with E-state index in [4.69, 9.17) is 5.11 Å². The number of rotatable bonds is 7. The monoisotopic (exact) mass is 293 g/mol. The summed E-state index contributed by atoms with van der Waals surface area (Å²) in [7, 11) is 0. The van der Waals surface area contributed by atoms with Crippen molar-refractivity contribution in [3.05, 3.63) is 30.1 Å². The molecule has 1 aromatic rings. The lowest BCUT2D eigenvalue weighted by atomic mass is 10.4. The average molecular weight is 293 g/mol. The number of benzene rings is 1. The van der Waals surface area contributed by atoms with E-state index in [9.17, 15) is 18.0 Å². The third-order valence-electron chi connectivity index (χ3n) is 2.26. The van der Waals surface area contributed by atoms with Crippen LogP contribution in [-0.2, 0) is 4.79 Å². The number of aliphatic hydroxyl groups excluding tert-OH is 1. The molecule has 0 saturated carbocycles. The lowest BCUT2D eigenvalue weighted by molar-refractivity contribution is -0.130. The summed E-state index contributed by atoms with van der Waals surface area (Å²) in [6.45, 7) is -1.17. The van der Waals surface area contributed by atoms with E-state index in [2.05, 4.69) is 0 Å². The second-order valence-corrected chi connectivity index (χ2v) is 4.75. The van der Waals surface area contributed by atoms with Crippen molar-refractivity contribution in [2.24, 2.45) is 0 Å². The molecule has 7 heteroatoms. The van der Waals surface area contributed by atoms with Gasteiger partial charge in [-0.25, -0.2) is 13.2 Å². The first-order valence-corrected chi connectivity index (χ1v) is 6.56. The van der Waals surface area contributed by atoms with Gasteiger partial charge in [0.2, 0.25) is 5.91 Å². The van der Waals surface area contributed by atoms with Crippen molar-refractivity contribution in [1.82, 2.24) is 4.90 Å². The summed E-state index contributed by atoms with van der Waals surface area (Å²) in [6.07, 6.45) is -2.63. The van der Waals surface area contributed by atoms with Gasteiger partial charge >= 0.3 is 0 Å². The minimum Gasteiger partial charge on any atom is -0.395 e. The molecule has 0 bridgehead atoms. The molecule has 0 aliphatic carbocycles. The van der Waals surface area contributed by atoms with Crippen molar-refractivity contribution < 1.29 is 23.1 Å². The van der Waals surface area contributed by atoms with Crippen molar-refractivity contribution in [2.75, 3.05) is 25.4 Å². The highest BCUT2D eigenvalue weighted by atomic mass is 32.2. The van der Waals surface area contributed by atoms with E-state index >= 15 is 0 Å². The second-order valence-electron chi connectivity index (χ2n) is 3.70. The van der Waals surface area contributed by atoms with Crippen LogP contribution in [0.25, 0.3) is 0 Å². The molecule has 1 rings (SSSR count). The van der Waals surface area contributed by atoms with Crippen molar-refractivity contribution in [2.45, 2.75) is 11.3 Å². The zero-order valence-corrected chi connectivity index (χ0v) is 10.9. The molecule has 1 amide bonds. The molecule has 0 aliphatic rings. The topological polar surface area (TPSA) is 40.5 Å². The van der Waals surface area contributed by atoms with Gasteiger partial charge in [0.25, 0.3) is 6.43 Å². The van der Waals surface area contributed by atoms with Gasteiger partial charge in [0, 0.05) is 11.4 Å². The molecule has 0 radical (unpaired) electrons. The molecular formula is C12H14F3NO2S. The lowest BCUT2D eigenvalue weighted by Gasteiger charge is -2.21. The standard InChI is InChI=1S/C12H14F3NO2S/c13-9-1-3-10(4-2-9)19-8-12(18)16(5-6-17)7-11(14)15/h1-4,11,17H,5-8H2. The van der Waals surface area contributed by atoms with Gasteiger partial charge in [-0.1, -0.05) is 0 Å². The number of aliphatic hydroxyl groups is 1. The van der Waals surface area contributed by atoms with Crippen molar-refractivity contribution in [1.29, 1.82) is 0 Å². The molecule has 3 nitrogen and oxygen atoms in total. The fraction of sp³-hybridized carbons (Fsp3) is 0.417. The van der Waals surface area contributed by atoms with Gasteiger partial charge in [-0.3, -0.25) is 4.79 Å². The molecule has 0 heterocycles. The molecule has 106 valence electrons. The predicted molar refractivity (Wildman–Crippen MR) is 66.8 cm³/mol. The fourth-order valence-electron chi connectivity index (χ4n) is 1.37. The van der Waals surface area contributed by atoms with Crippen LogP contribution in [0.4, 0.5) is 13.2 Å². The number of amides is 1. The summed E-state index contributed by atoms with van der Waals surface area (Å²) in [4.78, 5) is 13.3. The van der Waals surface area contributed by atoms with E-state index in [1.165, 1.54) is 24.3 Å².